The van der Waals surface area contributed by atoms with Crippen molar-refractivity contribution in [2.45, 2.75) is 6.04 Å². The molecule has 0 aromatic heterocycles. The molecule has 0 saturated heterocycles. The molecule has 0 saturated carbocycles. The van der Waals surface area contributed by atoms with Crippen LogP contribution in [0.1, 0.15) is 0 Å². The summed E-state index contributed by atoms with van der Waals surface area (Å²) >= 11 is 0. The molecule has 0 aliphatic heterocycles. The molecule has 7 nitrogen and oxygen atoms in total. The molecule has 1 unspecified atom stereocenters. The summed E-state index contributed by atoms with van der Waals surface area (Å²) in [6.45, 7) is 0.237. The Morgan fingerprint density at radius 3 is 2.19 bits per heavy atom. The van der Waals surface area contributed by atoms with Gasteiger partial charge in [-0.25, -0.2) is 21.6 Å². The molecular weight excluding hydrogens is 256 g/mol. The van der Waals surface area contributed by atoms with Gasteiger partial charge in [0.25, 0.3) is 0 Å². The first-order chi connectivity index (χ1) is 7.20. The first kappa shape index (κ1) is 15.8. The lowest BCUT2D eigenvalue weighted by Gasteiger charge is -2.15. The highest BCUT2D eigenvalue weighted by atomic mass is 32.2. The number of methoxy groups -OCH3 is 1. The van der Waals surface area contributed by atoms with Crippen LogP contribution in [-0.2, 0) is 24.6 Å². The van der Waals surface area contributed by atoms with Crippen molar-refractivity contribution in [2.24, 2.45) is 5.73 Å². The molecule has 0 aromatic rings. The summed E-state index contributed by atoms with van der Waals surface area (Å²) in [7, 11) is -5.51. The zero-order valence-electron chi connectivity index (χ0n) is 9.34. The van der Waals surface area contributed by atoms with Gasteiger partial charge in [-0.3, -0.25) is 0 Å². The van der Waals surface area contributed by atoms with Gasteiger partial charge in [-0.15, -0.1) is 0 Å². The highest BCUT2D eigenvalue weighted by molar-refractivity contribution is 7.93. The van der Waals surface area contributed by atoms with Crippen molar-refractivity contribution in [1.82, 2.24) is 4.72 Å². The summed E-state index contributed by atoms with van der Waals surface area (Å²) in [6, 6.07) is -0.533. The summed E-state index contributed by atoms with van der Waals surface area (Å²) in [5, 5.41) is 0. The van der Waals surface area contributed by atoms with Gasteiger partial charge in [-0.1, -0.05) is 0 Å². The minimum absolute atomic E-state index is 0.0892. The largest absolute Gasteiger partial charge is 0.383 e. The SMILES string of the molecule is COCC(CN)NS(=O)(=O)CCS(C)(=O)=O. The monoisotopic (exact) mass is 274 g/mol. The Morgan fingerprint density at radius 1 is 1.25 bits per heavy atom. The predicted molar refractivity (Wildman–Crippen MR) is 61.4 cm³/mol. The molecule has 9 heteroatoms. The molecule has 0 radical (unpaired) electrons. The average Bonchev–Trinajstić information content (AvgIpc) is 2.13. The van der Waals surface area contributed by atoms with Crippen LogP contribution in [0.5, 0.6) is 0 Å². The summed E-state index contributed by atoms with van der Waals surface area (Å²) < 4.78 is 51.5. The molecule has 16 heavy (non-hydrogen) atoms. The van der Waals surface area contributed by atoms with Crippen molar-refractivity contribution in [2.75, 3.05) is 38.0 Å². The number of hydrogen-bond donors (Lipinski definition) is 2. The summed E-state index contributed by atoms with van der Waals surface area (Å²) in [5.74, 6) is -0.876. The van der Waals surface area contributed by atoms with Crippen LogP contribution in [0.25, 0.3) is 0 Å². The smallest absolute Gasteiger partial charge is 0.212 e. The Morgan fingerprint density at radius 2 is 1.81 bits per heavy atom. The highest BCUT2D eigenvalue weighted by Crippen LogP contribution is 1.93. The van der Waals surface area contributed by atoms with E-state index >= 15 is 0 Å². The van der Waals surface area contributed by atoms with E-state index in [2.05, 4.69) is 4.72 Å². The fourth-order valence-electron chi connectivity index (χ4n) is 0.925. The Balaban J connectivity index is 4.34. The van der Waals surface area contributed by atoms with E-state index in [0.717, 1.165) is 6.26 Å². The van der Waals surface area contributed by atoms with Crippen LogP contribution in [0.15, 0.2) is 0 Å². The lowest BCUT2D eigenvalue weighted by Crippen LogP contribution is -2.44. The zero-order chi connectivity index (χ0) is 12.8. The van der Waals surface area contributed by atoms with Crippen molar-refractivity contribution in [3.8, 4) is 0 Å². The van der Waals surface area contributed by atoms with E-state index in [1.807, 2.05) is 0 Å². The number of nitrogens with one attached hydrogen (secondary N) is 1. The summed E-state index contributed by atoms with van der Waals surface area (Å²) in [4.78, 5) is 0. The number of hydrogen-bond acceptors (Lipinski definition) is 6. The standard InChI is InChI=1S/C7H18N2O5S2/c1-14-6-7(5-8)9-16(12,13)4-3-15(2,10)11/h7,9H,3-6,8H2,1-2H3. The molecule has 0 spiro atoms. The van der Waals surface area contributed by atoms with Crippen LogP contribution in [-0.4, -0.2) is 60.9 Å². The minimum atomic E-state index is -3.64. The molecule has 0 fully saturated rings. The van der Waals surface area contributed by atoms with E-state index in [1.165, 1.54) is 7.11 Å². The Bertz CT molecular complexity index is 389. The van der Waals surface area contributed by atoms with Crippen molar-refractivity contribution < 1.29 is 21.6 Å². The van der Waals surface area contributed by atoms with Crippen LogP contribution in [0.2, 0.25) is 0 Å². The lowest BCUT2D eigenvalue weighted by atomic mass is 10.3. The third-order valence-corrected chi connectivity index (χ3v) is 4.36. The fourth-order valence-corrected chi connectivity index (χ4v) is 3.80. The molecule has 0 rings (SSSR count). The lowest BCUT2D eigenvalue weighted by molar-refractivity contribution is 0.177. The van der Waals surface area contributed by atoms with Crippen LogP contribution in [0, 0.1) is 0 Å². The van der Waals surface area contributed by atoms with Gasteiger partial charge in [0.2, 0.25) is 10.0 Å². The van der Waals surface area contributed by atoms with Crippen LogP contribution in [0.4, 0.5) is 0 Å². The van der Waals surface area contributed by atoms with Crippen molar-refractivity contribution in [3.05, 3.63) is 0 Å². The second-order valence-electron chi connectivity index (χ2n) is 3.45. The van der Waals surface area contributed by atoms with Crippen LogP contribution in [0.3, 0.4) is 0 Å². The van der Waals surface area contributed by atoms with Crippen molar-refractivity contribution >= 4 is 19.9 Å². The van der Waals surface area contributed by atoms with E-state index in [-0.39, 0.29) is 13.2 Å². The highest BCUT2D eigenvalue weighted by Gasteiger charge is 2.18. The number of nitrogens with two attached hydrogens (primary N) is 1. The van der Waals surface area contributed by atoms with Gasteiger partial charge in [-0.05, 0) is 0 Å². The summed E-state index contributed by atoms with van der Waals surface area (Å²) in [6.07, 6.45) is 0.984. The maximum atomic E-state index is 11.4. The predicted octanol–water partition coefficient (Wildman–Crippen LogP) is -2.08. The maximum Gasteiger partial charge on any atom is 0.212 e. The molecule has 98 valence electrons. The minimum Gasteiger partial charge on any atom is -0.383 e. The van der Waals surface area contributed by atoms with Crippen molar-refractivity contribution in [1.29, 1.82) is 0 Å². The van der Waals surface area contributed by atoms with Gasteiger partial charge in [0, 0.05) is 19.9 Å². The van der Waals surface area contributed by atoms with Gasteiger partial charge >= 0.3 is 0 Å². The van der Waals surface area contributed by atoms with E-state index in [4.69, 9.17) is 10.5 Å². The third-order valence-electron chi connectivity index (χ3n) is 1.72. The number of sulfonamides is 1. The Hall–Kier alpha value is -0.220. The molecule has 0 aliphatic carbocycles. The van der Waals surface area contributed by atoms with Crippen molar-refractivity contribution in [3.63, 3.8) is 0 Å². The average molecular weight is 274 g/mol. The molecule has 0 heterocycles. The second-order valence-corrected chi connectivity index (χ2v) is 7.59. The van der Waals surface area contributed by atoms with Gasteiger partial charge in [0.1, 0.15) is 9.84 Å². The molecule has 0 amide bonds. The first-order valence-electron chi connectivity index (χ1n) is 4.57. The number of sulfone groups is 1. The van der Waals surface area contributed by atoms with Gasteiger partial charge in [0.05, 0.1) is 24.2 Å². The number of ether oxygens (including phenoxy) is 1. The number of rotatable bonds is 8. The first-order valence-corrected chi connectivity index (χ1v) is 8.28. The molecule has 1 atom stereocenters. The zero-order valence-corrected chi connectivity index (χ0v) is 11.0. The van der Waals surface area contributed by atoms with E-state index in [0.29, 0.717) is 0 Å². The molecule has 3 N–H and O–H groups in total. The fraction of sp³-hybridized carbons (Fsp3) is 1.00. The third kappa shape index (κ3) is 7.99. The molecule has 0 aliphatic rings. The quantitative estimate of drug-likeness (QED) is 0.525. The maximum absolute atomic E-state index is 11.4. The molecule has 0 bridgehead atoms. The molecular formula is C7H18N2O5S2. The van der Waals surface area contributed by atoms with E-state index < -0.39 is 37.4 Å². The van der Waals surface area contributed by atoms with Crippen LogP contribution < -0.4 is 10.5 Å². The van der Waals surface area contributed by atoms with Crippen LogP contribution >= 0.6 is 0 Å². The van der Waals surface area contributed by atoms with Gasteiger partial charge < -0.3 is 10.5 Å². The van der Waals surface area contributed by atoms with Gasteiger partial charge in [0.15, 0.2) is 0 Å². The molecule has 0 aromatic carbocycles. The second kappa shape index (κ2) is 6.50. The Labute approximate surface area is 96.3 Å². The van der Waals surface area contributed by atoms with Gasteiger partial charge in [-0.2, -0.15) is 0 Å². The normalized spacial score (nSPS) is 14.9. The van der Waals surface area contributed by atoms with E-state index in [9.17, 15) is 16.8 Å². The Kier molecular flexibility index (Phi) is 6.41. The topological polar surface area (TPSA) is 116 Å². The summed E-state index contributed by atoms with van der Waals surface area (Å²) in [5.41, 5.74) is 5.32. The van der Waals surface area contributed by atoms with E-state index in [1.54, 1.807) is 0 Å².